The number of piperidine rings is 1. The summed E-state index contributed by atoms with van der Waals surface area (Å²) in [6, 6.07) is 0.317. The van der Waals surface area contributed by atoms with Crippen molar-refractivity contribution in [2.45, 2.75) is 65.5 Å². The van der Waals surface area contributed by atoms with Crippen molar-refractivity contribution in [1.82, 2.24) is 4.90 Å². The molecule has 0 saturated carbocycles. The molecule has 0 aromatic heterocycles. The number of carbonyl (C=O) groups excluding carboxylic acids is 1. The first-order valence-corrected chi connectivity index (χ1v) is 6.33. The molecule has 0 bridgehead atoms. The predicted molar refractivity (Wildman–Crippen MR) is 65.4 cm³/mol. The van der Waals surface area contributed by atoms with E-state index in [1.54, 1.807) is 0 Å². The minimum atomic E-state index is -0.393. The highest BCUT2D eigenvalue weighted by Crippen LogP contribution is 2.25. The van der Waals surface area contributed by atoms with E-state index in [0.29, 0.717) is 12.0 Å². The molecule has 3 nitrogen and oxygen atoms in total. The predicted octanol–water partition coefficient (Wildman–Crippen LogP) is 3.43. The van der Waals surface area contributed by atoms with Crippen molar-refractivity contribution in [3.05, 3.63) is 0 Å². The third kappa shape index (κ3) is 3.69. The Labute approximate surface area is 99.1 Å². The van der Waals surface area contributed by atoms with Gasteiger partial charge in [0.25, 0.3) is 0 Å². The van der Waals surface area contributed by atoms with Gasteiger partial charge in [-0.1, -0.05) is 13.3 Å². The largest absolute Gasteiger partial charge is 0.444 e. The SMILES string of the molecule is CC[C@H]1CCC(C)N(C(=O)OC(C)(C)C)C1. The molecule has 1 rings (SSSR count). The maximum atomic E-state index is 12.0. The van der Waals surface area contributed by atoms with Crippen molar-refractivity contribution in [2.24, 2.45) is 5.92 Å². The highest BCUT2D eigenvalue weighted by atomic mass is 16.6. The zero-order valence-electron chi connectivity index (χ0n) is 11.2. The summed E-state index contributed by atoms with van der Waals surface area (Å²) in [6.07, 6.45) is 3.32. The maximum absolute atomic E-state index is 12.0. The molecule has 3 heteroatoms. The quantitative estimate of drug-likeness (QED) is 0.687. The van der Waals surface area contributed by atoms with Gasteiger partial charge < -0.3 is 9.64 Å². The zero-order valence-corrected chi connectivity index (χ0v) is 11.2. The molecule has 16 heavy (non-hydrogen) atoms. The first-order valence-electron chi connectivity index (χ1n) is 6.33. The molecule has 1 fully saturated rings. The molecule has 1 aliphatic rings. The Morgan fingerprint density at radius 2 is 2.00 bits per heavy atom. The van der Waals surface area contributed by atoms with Gasteiger partial charge in [-0.05, 0) is 46.5 Å². The van der Waals surface area contributed by atoms with E-state index in [0.717, 1.165) is 19.4 Å². The van der Waals surface area contributed by atoms with Crippen LogP contribution in [-0.4, -0.2) is 29.2 Å². The number of nitrogens with zero attached hydrogens (tertiary/aromatic N) is 1. The zero-order chi connectivity index (χ0) is 12.3. The van der Waals surface area contributed by atoms with Crippen LogP contribution in [-0.2, 0) is 4.74 Å². The van der Waals surface area contributed by atoms with Gasteiger partial charge >= 0.3 is 6.09 Å². The smallest absolute Gasteiger partial charge is 0.410 e. The van der Waals surface area contributed by atoms with E-state index in [1.807, 2.05) is 25.7 Å². The summed E-state index contributed by atoms with van der Waals surface area (Å²) in [5, 5.41) is 0. The Morgan fingerprint density at radius 3 is 2.50 bits per heavy atom. The third-order valence-corrected chi connectivity index (χ3v) is 3.19. The molecule has 0 aromatic rings. The van der Waals surface area contributed by atoms with Crippen LogP contribution in [0.15, 0.2) is 0 Å². The van der Waals surface area contributed by atoms with Crippen molar-refractivity contribution in [3.8, 4) is 0 Å². The van der Waals surface area contributed by atoms with Crippen molar-refractivity contribution >= 4 is 6.09 Å². The van der Waals surface area contributed by atoms with Crippen LogP contribution in [0.4, 0.5) is 4.79 Å². The van der Waals surface area contributed by atoms with Crippen molar-refractivity contribution in [3.63, 3.8) is 0 Å². The fourth-order valence-corrected chi connectivity index (χ4v) is 2.09. The van der Waals surface area contributed by atoms with Crippen LogP contribution in [0, 0.1) is 5.92 Å². The van der Waals surface area contributed by atoms with E-state index in [4.69, 9.17) is 4.74 Å². The van der Waals surface area contributed by atoms with Crippen LogP contribution in [0.3, 0.4) is 0 Å². The van der Waals surface area contributed by atoms with Gasteiger partial charge in [0.1, 0.15) is 5.60 Å². The maximum Gasteiger partial charge on any atom is 0.410 e. The van der Waals surface area contributed by atoms with Gasteiger partial charge in [0, 0.05) is 12.6 Å². The van der Waals surface area contributed by atoms with Gasteiger partial charge in [0.05, 0.1) is 0 Å². The first kappa shape index (κ1) is 13.3. The molecule has 0 N–H and O–H groups in total. The van der Waals surface area contributed by atoms with E-state index in [9.17, 15) is 4.79 Å². The molecule has 1 aliphatic heterocycles. The lowest BCUT2D eigenvalue weighted by molar-refractivity contribution is 0.00518. The third-order valence-electron chi connectivity index (χ3n) is 3.19. The Hall–Kier alpha value is -0.730. The number of likely N-dealkylation sites (tertiary alicyclic amines) is 1. The van der Waals surface area contributed by atoms with Crippen LogP contribution < -0.4 is 0 Å². The van der Waals surface area contributed by atoms with Crippen LogP contribution in [0.25, 0.3) is 0 Å². The molecule has 0 radical (unpaired) electrons. The molecule has 2 atom stereocenters. The summed E-state index contributed by atoms with van der Waals surface area (Å²) in [6.45, 7) is 10.9. The fourth-order valence-electron chi connectivity index (χ4n) is 2.09. The summed E-state index contributed by atoms with van der Waals surface area (Å²) in [5.74, 6) is 0.642. The second-order valence-corrected chi connectivity index (χ2v) is 5.83. The van der Waals surface area contributed by atoms with Gasteiger partial charge in [-0.25, -0.2) is 4.79 Å². The molecular formula is C13H25NO2. The van der Waals surface area contributed by atoms with Crippen LogP contribution in [0.1, 0.15) is 53.9 Å². The van der Waals surface area contributed by atoms with Gasteiger partial charge in [0.15, 0.2) is 0 Å². The summed E-state index contributed by atoms with van der Waals surface area (Å²) >= 11 is 0. The molecule has 1 unspecified atom stereocenters. The highest BCUT2D eigenvalue weighted by Gasteiger charge is 2.31. The Morgan fingerprint density at radius 1 is 1.38 bits per heavy atom. The van der Waals surface area contributed by atoms with E-state index >= 15 is 0 Å². The topological polar surface area (TPSA) is 29.5 Å². The number of carbonyl (C=O) groups is 1. The summed E-state index contributed by atoms with van der Waals surface area (Å²) in [4.78, 5) is 13.9. The average molecular weight is 227 g/mol. The fraction of sp³-hybridized carbons (Fsp3) is 0.923. The van der Waals surface area contributed by atoms with E-state index < -0.39 is 5.60 Å². The molecule has 0 aliphatic carbocycles. The average Bonchev–Trinajstić information content (AvgIpc) is 2.15. The summed E-state index contributed by atoms with van der Waals surface area (Å²) in [5.41, 5.74) is -0.393. The molecule has 94 valence electrons. The van der Waals surface area contributed by atoms with Crippen molar-refractivity contribution in [1.29, 1.82) is 0 Å². The lowest BCUT2D eigenvalue weighted by Crippen LogP contribution is -2.47. The number of hydrogen-bond donors (Lipinski definition) is 0. The van der Waals surface area contributed by atoms with Gasteiger partial charge in [0.2, 0.25) is 0 Å². The van der Waals surface area contributed by atoms with Crippen LogP contribution in [0.2, 0.25) is 0 Å². The monoisotopic (exact) mass is 227 g/mol. The number of ether oxygens (including phenoxy) is 1. The second kappa shape index (κ2) is 5.07. The highest BCUT2D eigenvalue weighted by molar-refractivity contribution is 5.68. The standard InChI is InChI=1S/C13H25NO2/c1-6-11-8-7-10(2)14(9-11)12(15)16-13(3,4)5/h10-11H,6-9H2,1-5H3/t10?,11-/m0/s1. The number of amides is 1. The lowest BCUT2D eigenvalue weighted by Gasteiger charge is -2.38. The normalized spacial score (nSPS) is 26.7. The van der Waals surface area contributed by atoms with Gasteiger partial charge in [-0.2, -0.15) is 0 Å². The van der Waals surface area contributed by atoms with Gasteiger partial charge in [-0.3, -0.25) is 0 Å². The Bertz CT molecular complexity index is 245. The Balaban J connectivity index is 2.59. The minimum absolute atomic E-state index is 0.154. The van der Waals surface area contributed by atoms with E-state index in [1.165, 1.54) is 6.42 Å². The molecule has 1 amide bonds. The lowest BCUT2D eigenvalue weighted by atomic mass is 9.92. The molecule has 0 spiro atoms. The minimum Gasteiger partial charge on any atom is -0.444 e. The number of hydrogen-bond acceptors (Lipinski definition) is 2. The van der Waals surface area contributed by atoms with Gasteiger partial charge in [-0.15, -0.1) is 0 Å². The summed E-state index contributed by atoms with van der Waals surface area (Å²) in [7, 11) is 0. The van der Waals surface area contributed by atoms with E-state index in [2.05, 4.69) is 13.8 Å². The summed E-state index contributed by atoms with van der Waals surface area (Å²) < 4.78 is 5.43. The van der Waals surface area contributed by atoms with Crippen LogP contribution in [0.5, 0.6) is 0 Å². The van der Waals surface area contributed by atoms with Crippen molar-refractivity contribution in [2.75, 3.05) is 6.54 Å². The van der Waals surface area contributed by atoms with E-state index in [-0.39, 0.29) is 6.09 Å². The second-order valence-electron chi connectivity index (χ2n) is 5.83. The number of rotatable bonds is 1. The molecule has 1 heterocycles. The van der Waals surface area contributed by atoms with Crippen LogP contribution >= 0.6 is 0 Å². The van der Waals surface area contributed by atoms with Crippen molar-refractivity contribution < 1.29 is 9.53 Å². The Kier molecular flexibility index (Phi) is 4.22. The molecular weight excluding hydrogens is 202 g/mol. The molecule has 1 saturated heterocycles. The molecule has 0 aromatic carbocycles. The first-order chi connectivity index (χ1) is 7.33.